The predicted molar refractivity (Wildman–Crippen MR) is 153 cm³/mol. The van der Waals surface area contributed by atoms with E-state index in [0.717, 1.165) is 66.8 Å². The fourth-order valence-corrected chi connectivity index (χ4v) is 6.93. The fourth-order valence-electron chi connectivity index (χ4n) is 6.93. The van der Waals surface area contributed by atoms with Gasteiger partial charge in [0.25, 0.3) is 0 Å². The standard InChI is InChI=1S/C32H38N4O3/c1-3-30(37)27-17-22(25-12-14-33-28-18-35-32-26(31(25)28)13-15-34-32)6-11-29(27)36-16-4-5-21(19-36)20-39-24-9-7-23(38-2)8-10-24/h7-10,12-15,18,21-22,27,29,33H,3-6,11,16-17,19-20H2,1-2H3. The Hall–Kier alpha value is -3.45. The van der Waals surface area contributed by atoms with Gasteiger partial charge in [0.15, 0.2) is 5.65 Å². The number of nitrogens with one attached hydrogen (secondary N) is 1. The highest BCUT2D eigenvalue weighted by Gasteiger charge is 2.40. The number of carbonyl (C=O) groups is 1. The number of H-pyrrole nitrogens is 1. The van der Waals surface area contributed by atoms with Crippen LogP contribution < -0.4 is 9.47 Å². The van der Waals surface area contributed by atoms with Crippen LogP contribution >= 0.6 is 0 Å². The predicted octanol–water partition coefficient (Wildman–Crippen LogP) is 6.14. The number of methoxy groups -OCH3 is 1. The van der Waals surface area contributed by atoms with Gasteiger partial charge in [-0.2, -0.15) is 0 Å². The average molecular weight is 527 g/mol. The molecule has 4 atom stereocenters. The van der Waals surface area contributed by atoms with Crippen LogP contribution in [0, 0.1) is 11.8 Å². The number of aromatic nitrogens is 3. The van der Waals surface area contributed by atoms with Crippen LogP contribution in [-0.4, -0.2) is 58.5 Å². The van der Waals surface area contributed by atoms with E-state index in [0.29, 0.717) is 36.7 Å². The highest BCUT2D eigenvalue weighted by atomic mass is 16.5. The smallest absolute Gasteiger partial charge is 0.159 e. The Morgan fingerprint density at radius 1 is 1.08 bits per heavy atom. The Labute approximate surface area is 229 Å². The van der Waals surface area contributed by atoms with Crippen LogP contribution in [0.25, 0.3) is 21.9 Å². The van der Waals surface area contributed by atoms with Gasteiger partial charge >= 0.3 is 0 Å². The maximum Gasteiger partial charge on any atom is 0.159 e. The van der Waals surface area contributed by atoms with Crippen molar-refractivity contribution in [3.63, 3.8) is 0 Å². The van der Waals surface area contributed by atoms with Gasteiger partial charge in [-0.1, -0.05) is 6.92 Å². The molecule has 0 bridgehead atoms. The van der Waals surface area contributed by atoms with Crippen LogP contribution in [0.3, 0.4) is 0 Å². The second kappa shape index (κ2) is 11.3. The van der Waals surface area contributed by atoms with E-state index in [9.17, 15) is 4.79 Å². The number of carbonyl (C=O) groups excluding carboxylic acids is 1. The summed E-state index contributed by atoms with van der Waals surface area (Å²) in [5.41, 5.74) is 3.14. The van der Waals surface area contributed by atoms with Crippen LogP contribution in [0.1, 0.15) is 56.9 Å². The summed E-state index contributed by atoms with van der Waals surface area (Å²) in [7, 11) is 1.67. The molecule has 2 fully saturated rings. The number of pyridine rings is 2. The molecular weight excluding hydrogens is 488 g/mol. The number of nitrogens with zero attached hydrogens (tertiary/aromatic N) is 3. The summed E-state index contributed by atoms with van der Waals surface area (Å²) in [5.74, 6) is 2.99. The molecule has 4 aromatic rings. The van der Waals surface area contributed by atoms with E-state index in [2.05, 4.69) is 32.0 Å². The lowest BCUT2D eigenvalue weighted by Gasteiger charge is -2.45. The van der Waals surface area contributed by atoms with Gasteiger partial charge in [-0.25, -0.2) is 9.97 Å². The van der Waals surface area contributed by atoms with Gasteiger partial charge in [0.2, 0.25) is 0 Å². The molecule has 6 rings (SSSR count). The van der Waals surface area contributed by atoms with Crippen LogP contribution in [0.4, 0.5) is 0 Å². The number of aromatic amines is 1. The number of benzene rings is 1. The lowest BCUT2D eigenvalue weighted by Crippen LogP contribution is -2.51. The first-order valence-corrected chi connectivity index (χ1v) is 14.4. The third kappa shape index (κ3) is 5.24. The first-order chi connectivity index (χ1) is 19.1. The van der Waals surface area contributed by atoms with Gasteiger partial charge in [0.1, 0.15) is 17.3 Å². The second-order valence-electron chi connectivity index (χ2n) is 11.2. The Morgan fingerprint density at radius 2 is 1.92 bits per heavy atom. The van der Waals surface area contributed by atoms with E-state index in [4.69, 9.17) is 9.47 Å². The van der Waals surface area contributed by atoms with Crippen LogP contribution in [0.5, 0.6) is 11.5 Å². The quantitative estimate of drug-likeness (QED) is 0.297. The van der Waals surface area contributed by atoms with Crippen molar-refractivity contribution in [3.05, 3.63) is 60.6 Å². The molecule has 0 spiro atoms. The topological polar surface area (TPSA) is 80.3 Å². The molecule has 4 heterocycles. The molecule has 0 amide bonds. The zero-order valence-electron chi connectivity index (χ0n) is 22.9. The normalized spacial score (nSPS) is 24.2. The van der Waals surface area contributed by atoms with Gasteiger partial charge in [-0.05, 0) is 86.5 Å². The monoisotopic (exact) mass is 526 g/mol. The highest BCUT2D eigenvalue weighted by Crippen LogP contribution is 2.43. The van der Waals surface area contributed by atoms with Crippen molar-refractivity contribution in [3.8, 4) is 11.5 Å². The minimum absolute atomic E-state index is 0.0596. The Kier molecular flexibility index (Phi) is 7.51. The number of hydrogen-bond acceptors (Lipinski definition) is 6. The number of rotatable bonds is 8. The molecule has 0 radical (unpaired) electrons. The Balaban J connectivity index is 1.18. The zero-order valence-corrected chi connectivity index (χ0v) is 22.9. The summed E-state index contributed by atoms with van der Waals surface area (Å²) in [6.45, 7) is 4.78. The van der Waals surface area contributed by atoms with E-state index in [1.807, 2.05) is 49.8 Å². The molecule has 39 heavy (non-hydrogen) atoms. The molecule has 1 aliphatic heterocycles. The third-order valence-corrected chi connectivity index (χ3v) is 8.90. The fraction of sp³-hybridized carbons (Fsp3) is 0.469. The average Bonchev–Trinajstić information content (AvgIpc) is 3.49. The van der Waals surface area contributed by atoms with Gasteiger partial charge in [0, 0.05) is 54.0 Å². The summed E-state index contributed by atoms with van der Waals surface area (Å²) >= 11 is 0. The minimum atomic E-state index is 0.0596. The number of fused-ring (bicyclic) bond motifs is 3. The summed E-state index contributed by atoms with van der Waals surface area (Å²) in [4.78, 5) is 28.3. The first kappa shape index (κ1) is 25.8. The van der Waals surface area contributed by atoms with Crippen molar-refractivity contribution in [2.45, 2.75) is 57.4 Å². The molecule has 204 valence electrons. The first-order valence-electron chi connectivity index (χ1n) is 14.4. The molecule has 3 aromatic heterocycles. The van der Waals surface area contributed by atoms with Gasteiger partial charge in [-0.15, -0.1) is 0 Å². The van der Waals surface area contributed by atoms with Gasteiger partial charge in [-0.3, -0.25) is 9.69 Å². The van der Waals surface area contributed by atoms with E-state index in [-0.39, 0.29) is 5.92 Å². The van der Waals surface area contributed by atoms with Gasteiger partial charge < -0.3 is 14.5 Å². The van der Waals surface area contributed by atoms with Crippen LogP contribution in [0.2, 0.25) is 0 Å². The number of likely N-dealkylation sites (tertiary alicyclic amines) is 1. The number of Topliss-reactive ketones (excluding diaryl/α,β-unsaturated/α-hetero) is 1. The Bertz CT molecular complexity index is 1430. The molecule has 1 aliphatic carbocycles. The number of piperidine rings is 1. The molecule has 2 aliphatic rings. The van der Waals surface area contributed by atoms with Crippen molar-refractivity contribution in [1.29, 1.82) is 0 Å². The molecule has 7 nitrogen and oxygen atoms in total. The second-order valence-corrected chi connectivity index (χ2v) is 11.2. The Morgan fingerprint density at radius 3 is 2.74 bits per heavy atom. The number of ketones is 1. The molecule has 1 aromatic carbocycles. The zero-order chi connectivity index (χ0) is 26.8. The van der Waals surface area contributed by atoms with Crippen molar-refractivity contribution in [1.82, 2.24) is 19.9 Å². The molecule has 1 saturated heterocycles. The van der Waals surface area contributed by atoms with Crippen molar-refractivity contribution >= 4 is 27.7 Å². The molecule has 7 heteroatoms. The summed E-state index contributed by atoms with van der Waals surface area (Å²) < 4.78 is 11.4. The highest BCUT2D eigenvalue weighted by molar-refractivity contribution is 6.05. The maximum absolute atomic E-state index is 13.4. The van der Waals surface area contributed by atoms with E-state index in [1.54, 1.807) is 7.11 Å². The lowest BCUT2D eigenvalue weighted by molar-refractivity contribution is -0.126. The molecule has 4 unspecified atom stereocenters. The lowest BCUT2D eigenvalue weighted by atomic mass is 9.71. The van der Waals surface area contributed by atoms with Crippen LogP contribution in [0.15, 0.2) is 55.0 Å². The number of hydrogen-bond donors (Lipinski definition) is 1. The molecular formula is C32H38N4O3. The minimum Gasteiger partial charge on any atom is -0.497 e. The third-order valence-electron chi connectivity index (χ3n) is 8.90. The summed E-state index contributed by atoms with van der Waals surface area (Å²) in [6, 6.07) is 12.4. The summed E-state index contributed by atoms with van der Waals surface area (Å²) in [5, 5.41) is 2.30. The molecule has 1 saturated carbocycles. The number of ether oxygens (including phenoxy) is 2. The van der Waals surface area contributed by atoms with Crippen molar-refractivity contribution in [2.75, 3.05) is 26.8 Å². The van der Waals surface area contributed by atoms with Gasteiger partial charge in [0.05, 0.1) is 25.4 Å². The van der Waals surface area contributed by atoms with E-state index < -0.39 is 0 Å². The van der Waals surface area contributed by atoms with Crippen molar-refractivity contribution < 1.29 is 14.3 Å². The van der Waals surface area contributed by atoms with Crippen LogP contribution in [-0.2, 0) is 4.79 Å². The summed E-state index contributed by atoms with van der Waals surface area (Å²) in [6.07, 6.45) is 11.7. The van der Waals surface area contributed by atoms with E-state index in [1.165, 1.54) is 17.4 Å². The molecule has 1 N–H and O–H groups in total. The van der Waals surface area contributed by atoms with Crippen molar-refractivity contribution in [2.24, 2.45) is 11.8 Å². The SMILES string of the molecule is CCC(=O)C1CC(c2cc[nH]c3cnc4nccc4c23)CCC1N1CCCC(COc2ccc(OC)cc2)C1. The largest absolute Gasteiger partial charge is 0.497 e. The maximum atomic E-state index is 13.4. The van der Waals surface area contributed by atoms with E-state index >= 15 is 0 Å².